The second-order valence-electron chi connectivity index (χ2n) is 13.5. The van der Waals surface area contributed by atoms with Crippen molar-refractivity contribution >= 4 is 29.6 Å². The van der Waals surface area contributed by atoms with Gasteiger partial charge in [0.15, 0.2) is 0 Å². The highest BCUT2D eigenvalue weighted by Gasteiger charge is 2.76. The van der Waals surface area contributed by atoms with Gasteiger partial charge < -0.3 is 34.3 Å². The normalized spacial score (nSPS) is 23.8. The second kappa shape index (κ2) is 16.4. The van der Waals surface area contributed by atoms with Crippen molar-refractivity contribution in [2.75, 3.05) is 45.0 Å². The maximum absolute atomic E-state index is 15.7. The Balaban J connectivity index is 1.56. The zero-order valence-corrected chi connectivity index (χ0v) is 30.4. The van der Waals surface area contributed by atoms with Gasteiger partial charge in [-0.15, -0.1) is 0 Å². The number of esters is 1. The lowest BCUT2D eigenvalue weighted by molar-refractivity contribution is -0.179. The van der Waals surface area contributed by atoms with E-state index in [1.165, 1.54) is 13.2 Å². The summed E-state index contributed by atoms with van der Waals surface area (Å²) in [6, 6.07) is 26.0. The molecule has 288 valence electrons. The van der Waals surface area contributed by atoms with Crippen LogP contribution in [0.2, 0.25) is 0 Å². The summed E-state index contributed by atoms with van der Waals surface area (Å²) in [6.07, 6.45) is -1.85. The molecule has 0 radical (unpaired) electrons. The Kier molecular flexibility index (Phi) is 11.2. The molecule has 0 saturated carbocycles. The first-order valence-corrected chi connectivity index (χ1v) is 18.2. The summed E-state index contributed by atoms with van der Waals surface area (Å²) in [5.74, 6) is 1.12. The van der Waals surface area contributed by atoms with E-state index in [1.54, 1.807) is 41.3 Å². The number of carbonyl (C=O) groups is 4. The quantitative estimate of drug-likeness (QED) is 0.113. The molecule has 6 unspecified atom stereocenters. The number of morpholine rings is 1. The van der Waals surface area contributed by atoms with Crippen molar-refractivity contribution in [2.24, 2.45) is 5.92 Å². The summed E-state index contributed by atoms with van der Waals surface area (Å²) >= 11 is 0. The highest BCUT2D eigenvalue weighted by Crippen LogP contribution is 2.66. The fourth-order valence-corrected chi connectivity index (χ4v) is 8.38. The van der Waals surface area contributed by atoms with Crippen LogP contribution in [0.25, 0.3) is 0 Å². The van der Waals surface area contributed by atoms with Crippen molar-refractivity contribution in [3.63, 3.8) is 0 Å². The number of ether oxygens (including phenoxy) is 4. The molecule has 7 rings (SSSR count). The van der Waals surface area contributed by atoms with Gasteiger partial charge in [0.25, 0.3) is 0 Å². The van der Waals surface area contributed by atoms with Crippen LogP contribution in [-0.2, 0) is 34.0 Å². The first-order valence-electron chi connectivity index (χ1n) is 18.2. The Bertz CT molecular complexity index is 2170. The van der Waals surface area contributed by atoms with Crippen molar-refractivity contribution in [3.8, 4) is 17.6 Å². The summed E-state index contributed by atoms with van der Waals surface area (Å²) in [5, 5.41) is 30.4. The minimum absolute atomic E-state index is 0.0352. The number of carboxylic acids is 1. The third kappa shape index (κ3) is 6.56. The van der Waals surface area contributed by atoms with E-state index in [4.69, 9.17) is 18.9 Å². The minimum atomic E-state index is -2.17. The molecule has 0 aliphatic carbocycles. The van der Waals surface area contributed by atoms with Crippen LogP contribution in [0.3, 0.4) is 0 Å². The Hall–Kier alpha value is -6.04. The topological polar surface area (TPSA) is 172 Å². The smallest absolute Gasteiger partial charge is 0.421 e. The lowest BCUT2D eigenvalue weighted by Gasteiger charge is -2.46. The molecule has 1 spiro atoms. The van der Waals surface area contributed by atoms with Gasteiger partial charge in [-0.05, 0) is 52.6 Å². The number of fused-ring (bicyclic) bond motifs is 3. The number of carboxylic acid groups (broad SMARTS) is 1. The van der Waals surface area contributed by atoms with Crippen LogP contribution in [0, 0.1) is 17.8 Å². The van der Waals surface area contributed by atoms with Gasteiger partial charge in [-0.2, -0.15) is 0 Å². The molecular formula is C43H40N2O11. The SMILES string of the molecule is COCCOC(=O)N1C(=O)C2(c3cc(C#CCCO)ccc31)C(C(=O)O)C1C(=O)OC(c3ccccc3)C(c3ccccc3)N1C2c1cccc(OCCO)c1. The number of amides is 2. The molecule has 56 heavy (non-hydrogen) atoms. The molecule has 0 bridgehead atoms. The zero-order valence-electron chi connectivity index (χ0n) is 30.4. The maximum atomic E-state index is 15.7. The van der Waals surface area contributed by atoms with Gasteiger partial charge in [-0.25, -0.2) is 9.69 Å². The van der Waals surface area contributed by atoms with Crippen LogP contribution in [0.1, 0.15) is 52.4 Å². The Morgan fingerprint density at radius 3 is 2.21 bits per heavy atom. The number of aliphatic hydroxyl groups excluding tert-OH is 2. The summed E-state index contributed by atoms with van der Waals surface area (Å²) in [4.78, 5) is 60.9. The van der Waals surface area contributed by atoms with E-state index in [1.807, 2.05) is 60.7 Å². The fourth-order valence-electron chi connectivity index (χ4n) is 8.38. The molecule has 2 amide bonds. The average Bonchev–Trinajstić information content (AvgIpc) is 3.67. The number of rotatable bonds is 11. The van der Waals surface area contributed by atoms with Gasteiger partial charge in [0.2, 0.25) is 5.91 Å². The van der Waals surface area contributed by atoms with E-state index in [2.05, 4.69) is 11.8 Å². The van der Waals surface area contributed by atoms with E-state index in [-0.39, 0.29) is 50.7 Å². The Morgan fingerprint density at radius 2 is 1.54 bits per heavy atom. The summed E-state index contributed by atoms with van der Waals surface area (Å²) in [7, 11) is 1.43. The highest BCUT2D eigenvalue weighted by molar-refractivity contribution is 6.23. The van der Waals surface area contributed by atoms with Crippen LogP contribution >= 0.6 is 0 Å². The minimum Gasteiger partial charge on any atom is -0.491 e. The molecule has 4 aromatic rings. The van der Waals surface area contributed by atoms with Crippen molar-refractivity contribution in [2.45, 2.75) is 36.1 Å². The Morgan fingerprint density at radius 1 is 0.821 bits per heavy atom. The number of benzene rings is 4. The number of methoxy groups -OCH3 is 1. The molecule has 13 nitrogen and oxygen atoms in total. The van der Waals surface area contributed by atoms with Crippen LogP contribution in [0.5, 0.6) is 5.75 Å². The summed E-state index contributed by atoms with van der Waals surface area (Å²) in [5.41, 5.74) is 0.155. The molecule has 13 heteroatoms. The van der Waals surface area contributed by atoms with E-state index < -0.39 is 59.5 Å². The molecule has 0 aromatic heterocycles. The van der Waals surface area contributed by atoms with Gasteiger partial charge in [-0.1, -0.05) is 84.6 Å². The summed E-state index contributed by atoms with van der Waals surface area (Å²) < 4.78 is 22.7. The lowest BCUT2D eigenvalue weighted by atomic mass is 9.65. The first kappa shape index (κ1) is 38.2. The predicted molar refractivity (Wildman–Crippen MR) is 200 cm³/mol. The van der Waals surface area contributed by atoms with Gasteiger partial charge in [0.1, 0.15) is 42.4 Å². The van der Waals surface area contributed by atoms with E-state index in [0.29, 0.717) is 28.0 Å². The van der Waals surface area contributed by atoms with Crippen molar-refractivity contribution in [1.82, 2.24) is 4.90 Å². The molecule has 3 aliphatic rings. The first-order chi connectivity index (χ1) is 27.3. The standard InChI is InChI=1S/C43H40N2O11/c1-53-23-24-55-42(52)44-33-19-18-27(11-8-9-20-46)25-32(33)43(41(44)51)34(39(48)49)36-40(50)56-37(29-14-6-3-7-15-29)35(28-12-4-2-5-13-28)45(36)38(43)30-16-10-17-31(26-30)54-22-21-47/h2-7,10,12-19,25-26,34-38,46-47H,9,20-24H2,1H3,(H,48,49). The van der Waals surface area contributed by atoms with Crippen LogP contribution in [0.4, 0.5) is 10.5 Å². The number of anilines is 1. The third-order valence-electron chi connectivity index (χ3n) is 10.4. The lowest BCUT2D eigenvalue weighted by Crippen LogP contribution is -2.53. The van der Waals surface area contributed by atoms with E-state index in [0.717, 1.165) is 4.90 Å². The van der Waals surface area contributed by atoms with E-state index >= 15 is 4.79 Å². The number of hydrogen-bond acceptors (Lipinski definition) is 11. The number of aliphatic carboxylic acids is 1. The Labute approximate surface area is 323 Å². The van der Waals surface area contributed by atoms with Crippen molar-refractivity contribution in [3.05, 3.63) is 131 Å². The molecule has 2 saturated heterocycles. The second-order valence-corrected chi connectivity index (χ2v) is 13.5. The van der Waals surface area contributed by atoms with Crippen molar-refractivity contribution in [1.29, 1.82) is 0 Å². The fraction of sp³-hybridized carbons (Fsp3) is 0.302. The summed E-state index contributed by atoms with van der Waals surface area (Å²) in [6.45, 7) is -0.677. The average molecular weight is 761 g/mol. The van der Waals surface area contributed by atoms with Gasteiger partial charge in [0, 0.05) is 19.1 Å². The highest BCUT2D eigenvalue weighted by atomic mass is 16.6. The number of hydrogen-bond donors (Lipinski definition) is 3. The maximum Gasteiger partial charge on any atom is 0.421 e. The van der Waals surface area contributed by atoms with Crippen molar-refractivity contribution < 1.29 is 53.4 Å². The largest absolute Gasteiger partial charge is 0.491 e. The number of aliphatic hydroxyl groups is 2. The van der Waals surface area contributed by atoms with E-state index in [9.17, 15) is 29.7 Å². The number of imide groups is 1. The number of cyclic esters (lactones) is 1. The monoisotopic (exact) mass is 760 g/mol. The zero-order chi connectivity index (χ0) is 39.4. The van der Waals surface area contributed by atoms with Crippen LogP contribution in [0.15, 0.2) is 103 Å². The molecular weight excluding hydrogens is 720 g/mol. The molecule has 3 aliphatic heterocycles. The van der Waals surface area contributed by atoms with Gasteiger partial charge >= 0.3 is 18.0 Å². The van der Waals surface area contributed by atoms with Gasteiger partial charge in [-0.3, -0.25) is 19.3 Å². The predicted octanol–water partition coefficient (Wildman–Crippen LogP) is 4.32. The number of carbonyl (C=O) groups excluding carboxylic acids is 3. The third-order valence-corrected chi connectivity index (χ3v) is 10.4. The molecule has 3 heterocycles. The molecule has 6 atom stereocenters. The molecule has 4 aromatic carbocycles. The van der Waals surface area contributed by atoms with Crippen LogP contribution < -0.4 is 9.64 Å². The molecule has 3 N–H and O–H groups in total. The molecule has 2 fully saturated rings. The van der Waals surface area contributed by atoms with Crippen LogP contribution in [-0.4, -0.2) is 90.3 Å². The van der Waals surface area contributed by atoms with Gasteiger partial charge in [0.05, 0.1) is 37.6 Å². The number of nitrogens with zero attached hydrogens (tertiary/aromatic N) is 2.